The summed E-state index contributed by atoms with van der Waals surface area (Å²) in [5.74, 6) is -0.796. The lowest BCUT2D eigenvalue weighted by atomic mass is 9.92. The second-order valence-corrected chi connectivity index (χ2v) is 8.43. The summed E-state index contributed by atoms with van der Waals surface area (Å²) < 4.78 is 16.3. The molecule has 8 heteroatoms. The van der Waals surface area contributed by atoms with E-state index in [1.807, 2.05) is 19.9 Å². The van der Waals surface area contributed by atoms with Crippen molar-refractivity contribution in [2.75, 3.05) is 52.3 Å². The molecule has 2 aliphatic heterocycles. The molecule has 176 valence electrons. The van der Waals surface area contributed by atoms with Gasteiger partial charge in [0.25, 0.3) is 0 Å². The molecular formula is C24H34N2O6. The van der Waals surface area contributed by atoms with Crippen LogP contribution in [0, 0.1) is 12.8 Å². The number of ether oxygens (including phenoxy) is 3. The van der Waals surface area contributed by atoms with Gasteiger partial charge in [-0.2, -0.15) is 0 Å². The number of carboxylic acid groups (broad SMARTS) is 1. The van der Waals surface area contributed by atoms with E-state index in [9.17, 15) is 14.7 Å². The van der Waals surface area contributed by atoms with Gasteiger partial charge in [0.05, 0.1) is 37.5 Å². The number of benzene rings is 1. The van der Waals surface area contributed by atoms with Gasteiger partial charge in [-0.1, -0.05) is 11.6 Å². The van der Waals surface area contributed by atoms with Crippen LogP contribution in [-0.4, -0.2) is 69.0 Å². The highest BCUT2D eigenvalue weighted by Crippen LogP contribution is 2.41. The Morgan fingerprint density at radius 1 is 1.34 bits per heavy atom. The fourth-order valence-corrected chi connectivity index (χ4v) is 4.55. The summed E-state index contributed by atoms with van der Waals surface area (Å²) in [6.07, 6.45) is 3.66. The molecule has 2 N–H and O–H groups in total. The zero-order valence-corrected chi connectivity index (χ0v) is 19.5. The highest BCUT2D eigenvalue weighted by Gasteiger charge is 2.31. The van der Waals surface area contributed by atoms with Crippen molar-refractivity contribution in [3.63, 3.8) is 0 Å². The second kappa shape index (κ2) is 10.8. The quantitative estimate of drug-likeness (QED) is 0.418. The van der Waals surface area contributed by atoms with Crippen molar-refractivity contribution < 1.29 is 28.9 Å². The maximum absolute atomic E-state index is 12.3. The van der Waals surface area contributed by atoms with E-state index in [4.69, 9.17) is 14.2 Å². The molecule has 0 saturated carbocycles. The lowest BCUT2D eigenvalue weighted by molar-refractivity contribution is -0.142. The number of carbonyl (C=O) groups is 2. The minimum atomic E-state index is -0.768. The molecule has 1 fully saturated rings. The number of allylic oxidation sites excluding steroid dienone is 2. The third-order valence-electron chi connectivity index (χ3n) is 6.40. The summed E-state index contributed by atoms with van der Waals surface area (Å²) in [6, 6.07) is 0. The molecule has 0 aliphatic carbocycles. The molecule has 0 spiro atoms. The molecule has 32 heavy (non-hydrogen) atoms. The monoisotopic (exact) mass is 446 g/mol. The Morgan fingerprint density at radius 2 is 2.06 bits per heavy atom. The van der Waals surface area contributed by atoms with Crippen LogP contribution >= 0.6 is 0 Å². The number of nitrogens with one attached hydrogen (secondary N) is 1. The van der Waals surface area contributed by atoms with Crippen molar-refractivity contribution in [2.24, 2.45) is 5.92 Å². The molecule has 1 unspecified atom stereocenters. The standard InChI is InChI=1S/C24H34N2O6/c1-15(13-17(23(27)28)7-8-26-9-11-31-12-10-26)5-6-18-21(25-3)20-19(14-32-24(20)29)16(2)22(18)30-4/h5,17,25H,6-14H2,1-4H3,(H,27,28)/b15-5+. The number of rotatable bonds is 10. The molecule has 1 saturated heterocycles. The molecule has 1 aromatic carbocycles. The van der Waals surface area contributed by atoms with E-state index < -0.39 is 11.9 Å². The summed E-state index contributed by atoms with van der Waals surface area (Å²) in [6.45, 7) is 8.04. The summed E-state index contributed by atoms with van der Waals surface area (Å²) in [5, 5.41) is 12.9. The topological polar surface area (TPSA) is 97.3 Å². The fourth-order valence-electron chi connectivity index (χ4n) is 4.55. The largest absolute Gasteiger partial charge is 0.496 e. The Bertz CT molecular complexity index is 889. The van der Waals surface area contributed by atoms with Crippen LogP contribution in [0.3, 0.4) is 0 Å². The molecule has 0 bridgehead atoms. The van der Waals surface area contributed by atoms with Gasteiger partial charge in [-0.05, 0) is 45.2 Å². The Balaban J connectivity index is 1.75. The first-order chi connectivity index (χ1) is 15.4. The Morgan fingerprint density at radius 3 is 2.69 bits per heavy atom. The Labute approximate surface area is 189 Å². The number of carbonyl (C=O) groups excluding carboxylic acids is 1. The van der Waals surface area contributed by atoms with Gasteiger partial charge in [-0.15, -0.1) is 0 Å². The number of hydrogen-bond donors (Lipinski definition) is 2. The zero-order valence-electron chi connectivity index (χ0n) is 19.5. The van der Waals surface area contributed by atoms with Crippen molar-refractivity contribution in [1.29, 1.82) is 0 Å². The van der Waals surface area contributed by atoms with E-state index in [2.05, 4.69) is 10.2 Å². The van der Waals surface area contributed by atoms with Crippen molar-refractivity contribution in [3.8, 4) is 5.75 Å². The summed E-state index contributed by atoms with van der Waals surface area (Å²) in [4.78, 5) is 26.4. The number of methoxy groups -OCH3 is 1. The number of fused-ring (bicyclic) bond motifs is 1. The summed E-state index contributed by atoms with van der Waals surface area (Å²) >= 11 is 0. The summed E-state index contributed by atoms with van der Waals surface area (Å²) in [5.41, 5.74) is 4.93. The average Bonchev–Trinajstić information content (AvgIpc) is 3.17. The van der Waals surface area contributed by atoms with Crippen molar-refractivity contribution in [2.45, 2.75) is 39.7 Å². The molecule has 2 aliphatic rings. The normalized spacial score (nSPS) is 17.6. The van der Waals surface area contributed by atoms with Crippen LogP contribution < -0.4 is 10.1 Å². The first kappa shape index (κ1) is 24.1. The number of esters is 1. The van der Waals surface area contributed by atoms with Crippen molar-refractivity contribution in [1.82, 2.24) is 4.90 Å². The fraction of sp³-hybridized carbons (Fsp3) is 0.583. The Hall–Kier alpha value is -2.58. The van der Waals surface area contributed by atoms with Gasteiger partial charge in [-0.25, -0.2) is 4.79 Å². The van der Waals surface area contributed by atoms with Gasteiger partial charge in [0.15, 0.2) is 0 Å². The van der Waals surface area contributed by atoms with Crippen LogP contribution in [0.15, 0.2) is 11.6 Å². The van der Waals surface area contributed by atoms with E-state index in [1.54, 1.807) is 14.2 Å². The molecule has 2 heterocycles. The third-order valence-corrected chi connectivity index (χ3v) is 6.40. The van der Waals surface area contributed by atoms with Crippen LogP contribution in [0.5, 0.6) is 5.75 Å². The molecule has 0 radical (unpaired) electrons. The number of hydrogen-bond acceptors (Lipinski definition) is 7. The van der Waals surface area contributed by atoms with Gasteiger partial charge in [0, 0.05) is 31.3 Å². The van der Waals surface area contributed by atoms with Gasteiger partial charge >= 0.3 is 11.9 Å². The number of cyclic esters (lactones) is 1. The highest BCUT2D eigenvalue weighted by atomic mass is 16.5. The maximum Gasteiger partial charge on any atom is 0.341 e. The second-order valence-electron chi connectivity index (χ2n) is 8.43. The van der Waals surface area contributed by atoms with Gasteiger partial charge in [0.2, 0.25) is 0 Å². The van der Waals surface area contributed by atoms with Crippen LogP contribution in [0.25, 0.3) is 0 Å². The van der Waals surface area contributed by atoms with Crippen molar-refractivity contribution in [3.05, 3.63) is 33.9 Å². The number of anilines is 1. The van der Waals surface area contributed by atoms with E-state index >= 15 is 0 Å². The number of morpholine rings is 1. The lowest BCUT2D eigenvalue weighted by Gasteiger charge is -2.27. The van der Waals surface area contributed by atoms with E-state index in [-0.39, 0.29) is 12.6 Å². The van der Waals surface area contributed by atoms with Crippen LogP contribution in [0.2, 0.25) is 0 Å². The van der Waals surface area contributed by atoms with Gasteiger partial charge in [0.1, 0.15) is 12.4 Å². The number of carboxylic acids is 1. The molecule has 0 aromatic heterocycles. The summed E-state index contributed by atoms with van der Waals surface area (Å²) in [7, 11) is 3.40. The van der Waals surface area contributed by atoms with Crippen molar-refractivity contribution >= 4 is 17.6 Å². The van der Waals surface area contributed by atoms with Gasteiger partial charge in [-0.3, -0.25) is 9.69 Å². The maximum atomic E-state index is 12.3. The van der Waals surface area contributed by atoms with Crippen LogP contribution in [-0.2, 0) is 27.3 Å². The van der Waals surface area contributed by atoms with Crippen LogP contribution in [0.4, 0.5) is 5.69 Å². The van der Waals surface area contributed by atoms with Gasteiger partial charge < -0.3 is 24.6 Å². The molecule has 1 aromatic rings. The molecule has 3 rings (SSSR count). The lowest BCUT2D eigenvalue weighted by Crippen LogP contribution is -2.38. The molecular weight excluding hydrogens is 412 g/mol. The highest BCUT2D eigenvalue weighted by molar-refractivity contribution is 6.01. The predicted octanol–water partition coefficient (Wildman–Crippen LogP) is 3.02. The first-order valence-electron chi connectivity index (χ1n) is 11.1. The minimum absolute atomic E-state index is 0.254. The number of aliphatic carboxylic acids is 1. The molecule has 1 atom stereocenters. The third kappa shape index (κ3) is 5.24. The predicted molar refractivity (Wildman–Crippen MR) is 121 cm³/mol. The zero-order chi connectivity index (χ0) is 23.3. The SMILES string of the molecule is CNc1c(C/C=C(\C)CC(CCN2CCOCC2)C(=O)O)c(OC)c(C)c2c1C(=O)OC2. The van der Waals surface area contributed by atoms with Crippen LogP contribution in [0.1, 0.15) is 46.8 Å². The minimum Gasteiger partial charge on any atom is -0.496 e. The first-order valence-corrected chi connectivity index (χ1v) is 11.1. The average molecular weight is 447 g/mol. The molecule has 0 amide bonds. The number of nitrogens with zero attached hydrogens (tertiary/aromatic N) is 1. The van der Waals surface area contributed by atoms with E-state index in [0.717, 1.165) is 53.3 Å². The molecule has 8 nitrogen and oxygen atoms in total. The van der Waals surface area contributed by atoms with E-state index in [0.29, 0.717) is 38.0 Å². The van der Waals surface area contributed by atoms with E-state index in [1.165, 1.54) is 0 Å². The Kier molecular flexibility index (Phi) is 8.15. The smallest absolute Gasteiger partial charge is 0.341 e.